The largest absolute Gasteiger partial charge is 0.459 e. The molecular weight excluding hydrogens is 847 g/mol. The van der Waals surface area contributed by atoms with Crippen molar-refractivity contribution >= 4 is 23.4 Å². The maximum absolute atomic E-state index is 14.5. The van der Waals surface area contributed by atoms with E-state index in [1.54, 1.807) is 23.1 Å². The maximum Gasteiger partial charge on any atom is 0.410 e. The van der Waals surface area contributed by atoms with Gasteiger partial charge in [-0.2, -0.15) is 0 Å². The van der Waals surface area contributed by atoms with E-state index in [4.69, 9.17) is 40.5 Å². The zero-order valence-corrected chi connectivity index (χ0v) is 38.4. The minimum absolute atomic E-state index is 0.000961. The Morgan fingerprint density at radius 2 is 1.63 bits per heavy atom. The van der Waals surface area contributed by atoms with Gasteiger partial charge in [0.15, 0.2) is 0 Å². The molecule has 0 saturated heterocycles. The van der Waals surface area contributed by atoms with Crippen LogP contribution < -0.4 is 9.47 Å². The number of amides is 1. The number of aliphatic hydroxyl groups excluding tert-OH is 2. The Labute approximate surface area is 387 Å². The van der Waals surface area contributed by atoms with Crippen LogP contribution in [0.4, 0.5) is 9.18 Å². The van der Waals surface area contributed by atoms with Gasteiger partial charge in [0.2, 0.25) is 5.79 Å². The van der Waals surface area contributed by atoms with Gasteiger partial charge in [0, 0.05) is 37.7 Å². The van der Waals surface area contributed by atoms with Crippen molar-refractivity contribution < 1.29 is 43.2 Å². The minimum Gasteiger partial charge on any atom is -0.459 e. The molecule has 4 aromatic carbocycles. The Balaban J connectivity index is 1.43. The lowest BCUT2D eigenvalue weighted by atomic mass is 9.55. The van der Waals surface area contributed by atoms with E-state index in [1.807, 2.05) is 75.4 Å². The summed E-state index contributed by atoms with van der Waals surface area (Å²) < 4.78 is 41.2. The number of fused-ring (bicyclic) bond motifs is 2. The average Bonchev–Trinajstić information content (AvgIpc) is 3.30. The molecule has 6 atom stereocenters. The molecule has 7 rings (SSSR count). The van der Waals surface area contributed by atoms with Gasteiger partial charge >= 0.3 is 6.09 Å². The minimum atomic E-state index is -1.53. The second kappa shape index (κ2) is 21.9. The molecule has 2 aliphatic carbocycles. The van der Waals surface area contributed by atoms with Crippen molar-refractivity contribution in [3.63, 3.8) is 0 Å². The van der Waals surface area contributed by atoms with Gasteiger partial charge < -0.3 is 34.0 Å². The van der Waals surface area contributed by atoms with Gasteiger partial charge in [-0.1, -0.05) is 84.7 Å². The monoisotopic (exact) mass is 908 g/mol. The van der Waals surface area contributed by atoms with E-state index in [9.17, 15) is 19.4 Å². The van der Waals surface area contributed by atoms with Gasteiger partial charge in [0.25, 0.3) is 0 Å². The molecule has 0 bridgehead atoms. The summed E-state index contributed by atoms with van der Waals surface area (Å²) in [5, 5.41) is 24.9. The maximum atomic E-state index is 14.5. The number of hydrogen-bond donors (Lipinski definition) is 2. The fourth-order valence-electron chi connectivity index (χ4n) is 9.68. The number of alkyl halides is 1. The van der Waals surface area contributed by atoms with Crippen molar-refractivity contribution in [3.8, 4) is 28.4 Å². The van der Waals surface area contributed by atoms with Crippen LogP contribution in [0.3, 0.4) is 0 Å². The third-order valence-electron chi connectivity index (χ3n) is 12.5. The molecule has 0 radical (unpaired) electrons. The first-order valence-electron chi connectivity index (χ1n) is 22.8. The van der Waals surface area contributed by atoms with Crippen molar-refractivity contribution in [2.75, 3.05) is 32.3 Å². The number of halogens is 2. The Kier molecular flexibility index (Phi) is 16.1. The second-order valence-corrected chi connectivity index (χ2v) is 18.4. The number of rotatable bonds is 20. The number of oxime groups is 1. The SMILES string of the molecule is C=CCOC12Oc3ccc(Oc4ccc(-c5ccccc5)cc4)cc3C3C(CCCCO)C(CCCCO)C=C(C(=NOC(C)(C)C)CC1N(Cc1ccc(F)cc1)C(=O)OCCCl)C32. The summed E-state index contributed by atoms with van der Waals surface area (Å²) in [5.74, 6) is -0.757. The van der Waals surface area contributed by atoms with Gasteiger partial charge in [-0.15, -0.1) is 18.2 Å². The van der Waals surface area contributed by atoms with Crippen LogP contribution in [0.15, 0.2) is 127 Å². The molecule has 12 heteroatoms. The van der Waals surface area contributed by atoms with Crippen LogP contribution in [0.25, 0.3) is 11.1 Å². The zero-order valence-electron chi connectivity index (χ0n) is 37.7. The van der Waals surface area contributed by atoms with Gasteiger partial charge in [0.1, 0.15) is 41.3 Å². The zero-order chi connectivity index (χ0) is 46.0. The molecule has 10 nitrogen and oxygen atoms in total. The Bertz CT molecular complexity index is 2260. The molecule has 6 unspecified atom stereocenters. The predicted octanol–water partition coefficient (Wildman–Crippen LogP) is 11.6. The van der Waals surface area contributed by atoms with E-state index in [-0.39, 0.29) is 63.0 Å². The van der Waals surface area contributed by atoms with Crippen LogP contribution >= 0.6 is 11.6 Å². The number of aliphatic hydroxyl groups is 2. The summed E-state index contributed by atoms with van der Waals surface area (Å²) in [6.07, 6.45) is 7.91. The predicted molar refractivity (Wildman–Crippen MR) is 252 cm³/mol. The first kappa shape index (κ1) is 47.8. The van der Waals surface area contributed by atoms with E-state index in [0.29, 0.717) is 41.4 Å². The fraction of sp³-hybridized carbons (Fsp3) is 0.434. The van der Waals surface area contributed by atoms with Crippen molar-refractivity contribution in [2.45, 2.75) is 95.6 Å². The molecule has 346 valence electrons. The van der Waals surface area contributed by atoms with Crippen molar-refractivity contribution in [3.05, 3.63) is 138 Å². The molecule has 0 spiro atoms. The van der Waals surface area contributed by atoms with Crippen LogP contribution in [-0.2, 0) is 20.9 Å². The number of nitrogens with zero attached hydrogens (tertiary/aromatic N) is 2. The fourth-order valence-corrected chi connectivity index (χ4v) is 9.76. The van der Waals surface area contributed by atoms with Crippen LogP contribution in [0, 0.1) is 23.6 Å². The molecule has 1 heterocycles. The summed E-state index contributed by atoms with van der Waals surface area (Å²) >= 11 is 6.09. The topological polar surface area (TPSA) is 119 Å². The quantitative estimate of drug-likeness (QED) is 0.0389. The number of ether oxygens (including phenoxy) is 4. The molecule has 1 saturated carbocycles. The number of unbranched alkanes of at least 4 members (excludes halogenated alkanes) is 2. The molecule has 1 amide bonds. The highest BCUT2D eigenvalue weighted by atomic mass is 35.5. The summed E-state index contributed by atoms with van der Waals surface area (Å²) in [6.45, 7) is 10.1. The van der Waals surface area contributed by atoms with Gasteiger partial charge in [-0.05, 0) is 123 Å². The van der Waals surface area contributed by atoms with Crippen LogP contribution in [0.2, 0.25) is 0 Å². The third-order valence-corrected chi connectivity index (χ3v) is 12.6. The van der Waals surface area contributed by atoms with Gasteiger partial charge in [0.05, 0.1) is 24.1 Å². The van der Waals surface area contributed by atoms with Crippen molar-refractivity contribution in [1.82, 2.24) is 4.90 Å². The summed E-state index contributed by atoms with van der Waals surface area (Å²) in [4.78, 5) is 22.4. The lowest BCUT2D eigenvalue weighted by Gasteiger charge is -2.60. The van der Waals surface area contributed by atoms with Gasteiger partial charge in [-0.3, -0.25) is 4.90 Å². The number of benzene rings is 4. The smallest absolute Gasteiger partial charge is 0.410 e. The summed E-state index contributed by atoms with van der Waals surface area (Å²) in [6, 6.07) is 29.2. The van der Waals surface area contributed by atoms with E-state index >= 15 is 0 Å². The van der Waals surface area contributed by atoms with E-state index in [2.05, 4.69) is 30.9 Å². The highest BCUT2D eigenvalue weighted by Gasteiger charge is 2.65. The van der Waals surface area contributed by atoms with Crippen LogP contribution in [0.1, 0.15) is 82.8 Å². The van der Waals surface area contributed by atoms with E-state index < -0.39 is 35.3 Å². The lowest BCUT2D eigenvalue weighted by molar-refractivity contribution is -0.256. The second-order valence-electron chi connectivity index (χ2n) is 18.0. The number of carbonyl (C=O) groups is 1. The molecule has 65 heavy (non-hydrogen) atoms. The molecule has 0 aromatic heterocycles. The van der Waals surface area contributed by atoms with E-state index in [0.717, 1.165) is 47.9 Å². The standard InChI is InChI=1S/C53H62ClFN2O8/c1-5-30-62-53-48(57(51(60)61-31-27-54)35-36-17-21-40(55)22-18-36)34-46(56-65-52(2,3)4)44-32-39(15-9-11-28-58)43(16-10-12-29-59)49(50(44)53)45-33-42(25-26-47(45)64-53)63-41-23-19-38(20-24-41)37-13-7-6-8-14-37/h5-8,13-14,17-26,32-33,39,43,48-50,58-59H,1,9-12,15-16,27-31,34-35H2,2-4H3. The Morgan fingerprint density at radius 1 is 0.938 bits per heavy atom. The first-order valence-corrected chi connectivity index (χ1v) is 23.4. The van der Waals surface area contributed by atoms with Gasteiger partial charge in [-0.25, -0.2) is 9.18 Å². The lowest BCUT2D eigenvalue weighted by Crippen LogP contribution is -2.70. The first-order chi connectivity index (χ1) is 31.5. The van der Waals surface area contributed by atoms with Crippen LogP contribution in [-0.4, -0.2) is 76.7 Å². The average molecular weight is 910 g/mol. The summed E-state index contributed by atoms with van der Waals surface area (Å²) in [5.41, 5.74) is 4.67. The Hall–Kier alpha value is -5.20. The number of carbonyl (C=O) groups excluding carboxylic acids is 1. The third kappa shape index (κ3) is 11.3. The van der Waals surface area contributed by atoms with Crippen LogP contribution in [0.5, 0.6) is 17.2 Å². The molecule has 3 aliphatic rings. The molecule has 4 aromatic rings. The highest BCUT2D eigenvalue weighted by molar-refractivity contribution is 6.18. The van der Waals surface area contributed by atoms with Crippen molar-refractivity contribution in [2.24, 2.45) is 22.9 Å². The van der Waals surface area contributed by atoms with E-state index in [1.165, 1.54) is 12.1 Å². The molecule has 1 aliphatic heterocycles. The summed E-state index contributed by atoms with van der Waals surface area (Å²) in [7, 11) is 0. The molecule has 1 fully saturated rings. The normalized spacial score (nSPS) is 22.8. The Morgan fingerprint density at radius 3 is 2.31 bits per heavy atom. The van der Waals surface area contributed by atoms with Crippen molar-refractivity contribution in [1.29, 1.82) is 0 Å². The number of hydrogen-bond acceptors (Lipinski definition) is 9. The highest BCUT2D eigenvalue weighted by Crippen LogP contribution is 2.62. The molecule has 2 N–H and O–H groups in total. The number of allylic oxidation sites excluding steroid dienone is 1. The molecular formula is C53H62ClFN2O8.